The monoisotopic (exact) mass is 336 g/mol. The summed E-state index contributed by atoms with van der Waals surface area (Å²) in [5.74, 6) is -1.39. The molecule has 0 saturated heterocycles. The molecule has 2 heterocycles. The van der Waals surface area contributed by atoms with Crippen LogP contribution in [0.2, 0.25) is 0 Å². The van der Waals surface area contributed by atoms with Crippen molar-refractivity contribution in [3.63, 3.8) is 0 Å². The first-order valence-corrected chi connectivity index (χ1v) is 8.22. The number of benzene rings is 2. The highest BCUT2D eigenvalue weighted by atomic mass is 19.1. The number of rotatable bonds is 3. The van der Waals surface area contributed by atoms with Gasteiger partial charge in [-0.05, 0) is 17.7 Å². The summed E-state index contributed by atoms with van der Waals surface area (Å²) in [6, 6.07) is 14.2. The van der Waals surface area contributed by atoms with Gasteiger partial charge in [0.05, 0.1) is 11.1 Å². The second-order valence-corrected chi connectivity index (χ2v) is 6.32. The summed E-state index contributed by atoms with van der Waals surface area (Å²) in [5, 5.41) is 10.2. The van der Waals surface area contributed by atoms with E-state index in [1.807, 2.05) is 18.2 Å². The fourth-order valence-electron chi connectivity index (χ4n) is 3.49. The minimum Gasteiger partial charge on any atom is -0.478 e. The fraction of sp³-hybridized carbons (Fsp3) is 0.200. The molecule has 0 amide bonds. The van der Waals surface area contributed by atoms with Crippen molar-refractivity contribution in [2.24, 2.45) is 0 Å². The summed E-state index contributed by atoms with van der Waals surface area (Å²) in [5.41, 5.74) is 3.36. The van der Waals surface area contributed by atoms with Crippen LogP contribution in [0, 0.1) is 5.82 Å². The molecule has 126 valence electrons. The van der Waals surface area contributed by atoms with Gasteiger partial charge >= 0.3 is 5.97 Å². The molecule has 3 aromatic rings. The summed E-state index contributed by atoms with van der Waals surface area (Å²) in [7, 11) is 0. The van der Waals surface area contributed by atoms with Gasteiger partial charge < -0.3 is 5.11 Å². The first-order chi connectivity index (χ1) is 12.1. The van der Waals surface area contributed by atoms with Crippen LogP contribution in [0.3, 0.4) is 0 Å². The van der Waals surface area contributed by atoms with Crippen LogP contribution in [0.5, 0.6) is 0 Å². The lowest BCUT2D eigenvalue weighted by Crippen LogP contribution is -2.32. The van der Waals surface area contributed by atoms with E-state index in [-0.39, 0.29) is 5.56 Å². The van der Waals surface area contributed by atoms with Gasteiger partial charge in [0, 0.05) is 48.8 Å². The smallest absolute Gasteiger partial charge is 0.336 e. The van der Waals surface area contributed by atoms with Crippen LogP contribution in [-0.4, -0.2) is 27.5 Å². The number of carbonyl (C=O) groups is 1. The van der Waals surface area contributed by atoms with Crippen molar-refractivity contribution in [3.05, 3.63) is 76.7 Å². The van der Waals surface area contributed by atoms with Gasteiger partial charge in [0.1, 0.15) is 5.82 Å². The minimum absolute atomic E-state index is 0.248. The molecule has 1 N–H and O–H groups in total. The maximum Gasteiger partial charge on any atom is 0.336 e. The summed E-state index contributed by atoms with van der Waals surface area (Å²) >= 11 is 0. The van der Waals surface area contributed by atoms with E-state index in [4.69, 9.17) is 0 Å². The predicted octanol–water partition coefficient (Wildman–Crippen LogP) is 3.63. The van der Waals surface area contributed by atoms with E-state index in [1.54, 1.807) is 0 Å². The number of hydrogen-bond donors (Lipinski definition) is 1. The Morgan fingerprint density at radius 1 is 1.20 bits per heavy atom. The number of carboxylic acids is 1. The van der Waals surface area contributed by atoms with E-state index in [9.17, 15) is 14.3 Å². The lowest BCUT2D eigenvalue weighted by molar-refractivity contribution is 0.0695. The number of halogens is 1. The molecule has 4 rings (SSSR count). The maximum atomic E-state index is 13.5. The number of fused-ring (bicyclic) bond motifs is 2. The standard InChI is InChI=1S/C20H17FN2O2/c21-14-6-7-15-18(10-14)22-17-8-9-23(11-13-4-2-1-3-5-13)12-16(17)19(15)20(24)25/h1-7,10H,8-9,11-12H2,(H,24,25). The molecule has 1 aliphatic heterocycles. The lowest BCUT2D eigenvalue weighted by atomic mass is 9.95. The van der Waals surface area contributed by atoms with Crippen molar-refractivity contribution in [3.8, 4) is 0 Å². The van der Waals surface area contributed by atoms with E-state index < -0.39 is 11.8 Å². The SMILES string of the molecule is O=C(O)c1c2c(nc3cc(F)ccc13)CCN(Cc1ccccc1)C2. The van der Waals surface area contributed by atoms with E-state index in [0.717, 1.165) is 24.3 Å². The van der Waals surface area contributed by atoms with E-state index in [0.29, 0.717) is 23.9 Å². The van der Waals surface area contributed by atoms with Crippen molar-refractivity contribution in [2.75, 3.05) is 6.54 Å². The molecule has 0 radical (unpaired) electrons. The van der Waals surface area contributed by atoms with Crippen LogP contribution in [0.15, 0.2) is 48.5 Å². The highest BCUT2D eigenvalue weighted by Gasteiger charge is 2.25. The maximum absolute atomic E-state index is 13.5. The van der Waals surface area contributed by atoms with Gasteiger partial charge in [0.25, 0.3) is 0 Å². The number of pyridine rings is 1. The molecule has 2 aromatic carbocycles. The third-order valence-electron chi connectivity index (χ3n) is 4.64. The molecular formula is C20H17FN2O2. The number of aromatic nitrogens is 1. The molecular weight excluding hydrogens is 319 g/mol. The zero-order valence-electron chi connectivity index (χ0n) is 13.6. The van der Waals surface area contributed by atoms with Gasteiger partial charge in [0.2, 0.25) is 0 Å². The largest absolute Gasteiger partial charge is 0.478 e. The summed E-state index contributed by atoms with van der Waals surface area (Å²) in [6.45, 7) is 2.10. The van der Waals surface area contributed by atoms with Crippen molar-refractivity contribution >= 4 is 16.9 Å². The number of hydrogen-bond acceptors (Lipinski definition) is 3. The Balaban J connectivity index is 1.76. The van der Waals surface area contributed by atoms with Crippen LogP contribution in [0.4, 0.5) is 4.39 Å². The van der Waals surface area contributed by atoms with Crippen LogP contribution >= 0.6 is 0 Å². The van der Waals surface area contributed by atoms with Crippen LogP contribution in [0.1, 0.15) is 27.2 Å². The van der Waals surface area contributed by atoms with Crippen molar-refractivity contribution < 1.29 is 14.3 Å². The molecule has 1 aliphatic rings. The Morgan fingerprint density at radius 2 is 2.00 bits per heavy atom. The van der Waals surface area contributed by atoms with Gasteiger partial charge in [-0.15, -0.1) is 0 Å². The molecule has 0 spiro atoms. The Bertz CT molecular complexity index is 957. The molecule has 25 heavy (non-hydrogen) atoms. The third-order valence-corrected chi connectivity index (χ3v) is 4.64. The van der Waals surface area contributed by atoms with E-state index in [2.05, 4.69) is 22.0 Å². The van der Waals surface area contributed by atoms with Crippen molar-refractivity contribution in [1.29, 1.82) is 0 Å². The average Bonchev–Trinajstić information content (AvgIpc) is 2.60. The normalized spacial score (nSPS) is 14.4. The molecule has 0 atom stereocenters. The molecule has 0 aliphatic carbocycles. The second kappa shape index (κ2) is 6.26. The van der Waals surface area contributed by atoms with Gasteiger partial charge in [-0.1, -0.05) is 30.3 Å². The van der Waals surface area contributed by atoms with Crippen molar-refractivity contribution in [2.45, 2.75) is 19.5 Å². The molecule has 4 nitrogen and oxygen atoms in total. The van der Waals surface area contributed by atoms with Crippen LogP contribution in [-0.2, 0) is 19.5 Å². The Hall–Kier alpha value is -2.79. The summed E-state index contributed by atoms with van der Waals surface area (Å²) in [6.07, 6.45) is 0.662. The first kappa shape index (κ1) is 15.7. The molecule has 1 aromatic heterocycles. The summed E-state index contributed by atoms with van der Waals surface area (Å²) in [4.78, 5) is 18.7. The second-order valence-electron chi connectivity index (χ2n) is 6.32. The van der Waals surface area contributed by atoms with Gasteiger partial charge in [0.15, 0.2) is 0 Å². The van der Waals surface area contributed by atoms with Gasteiger partial charge in [-0.3, -0.25) is 9.88 Å². The molecule has 0 bridgehead atoms. The van der Waals surface area contributed by atoms with E-state index >= 15 is 0 Å². The van der Waals surface area contributed by atoms with Gasteiger partial charge in [-0.2, -0.15) is 0 Å². The topological polar surface area (TPSA) is 53.4 Å². The lowest BCUT2D eigenvalue weighted by Gasteiger charge is -2.29. The number of aromatic carboxylic acids is 1. The van der Waals surface area contributed by atoms with Crippen LogP contribution in [0.25, 0.3) is 10.9 Å². The Morgan fingerprint density at radius 3 is 2.76 bits per heavy atom. The fourth-order valence-corrected chi connectivity index (χ4v) is 3.49. The van der Waals surface area contributed by atoms with Gasteiger partial charge in [-0.25, -0.2) is 9.18 Å². The van der Waals surface area contributed by atoms with Crippen LogP contribution < -0.4 is 0 Å². The highest BCUT2D eigenvalue weighted by molar-refractivity contribution is 6.04. The molecule has 0 saturated carbocycles. The third kappa shape index (κ3) is 2.98. The quantitative estimate of drug-likeness (QED) is 0.793. The average molecular weight is 336 g/mol. The Labute approximate surface area is 144 Å². The zero-order valence-corrected chi connectivity index (χ0v) is 13.6. The van der Waals surface area contributed by atoms with E-state index in [1.165, 1.54) is 23.8 Å². The first-order valence-electron chi connectivity index (χ1n) is 8.22. The highest BCUT2D eigenvalue weighted by Crippen LogP contribution is 2.29. The van der Waals surface area contributed by atoms with Crippen molar-refractivity contribution in [1.82, 2.24) is 9.88 Å². The molecule has 5 heteroatoms. The minimum atomic E-state index is -0.989. The number of nitrogens with zero attached hydrogens (tertiary/aromatic N) is 2. The number of carboxylic acid groups (broad SMARTS) is 1. The Kier molecular flexibility index (Phi) is 3.93. The predicted molar refractivity (Wildman–Crippen MR) is 92.9 cm³/mol. The molecule has 0 unspecified atom stereocenters. The molecule has 0 fully saturated rings. The zero-order chi connectivity index (χ0) is 17.4. The summed E-state index contributed by atoms with van der Waals surface area (Å²) < 4.78 is 13.5.